The van der Waals surface area contributed by atoms with Gasteiger partial charge in [0.25, 0.3) is 5.91 Å². The highest BCUT2D eigenvalue weighted by atomic mass is 35.5. The Kier molecular flexibility index (Phi) is 8.81. The zero-order valence-electron chi connectivity index (χ0n) is 24.2. The highest BCUT2D eigenvalue weighted by molar-refractivity contribution is 5.95. The zero-order chi connectivity index (χ0) is 28.9. The fourth-order valence-corrected chi connectivity index (χ4v) is 6.91. The largest absolute Gasteiger partial charge is 0.416 e. The smallest absolute Gasteiger partial charge is 0.338 e. The van der Waals surface area contributed by atoms with E-state index < -0.39 is 11.7 Å². The first-order chi connectivity index (χ1) is 19.6. The number of likely N-dealkylation sites (tertiary alicyclic amines) is 3. The molecule has 3 aliphatic heterocycles. The topological polar surface area (TPSA) is 64.9 Å². The second kappa shape index (κ2) is 12.1. The second-order valence-electron chi connectivity index (χ2n) is 12.3. The first kappa shape index (κ1) is 30.7. The summed E-state index contributed by atoms with van der Waals surface area (Å²) in [4.78, 5) is 34.6. The van der Waals surface area contributed by atoms with E-state index in [9.17, 15) is 22.8 Å². The van der Waals surface area contributed by atoms with Gasteiger partial charge < -0.3 is 19.6 Å². The number of rotatable bonds is 5. The highest BCUT2D eigenvalue weighted by Gasteiger charge is 2.41. The van der Waals surface area contributed by atoms with E-state index in [1.807, 2.05) is 14.5 Å². The van der Waals surface area contributed by atoms with Crippen molar-refractivity contribution in [2.24, 2.45) is 0 Å². The number of carbonyl (C=O) groups excluding carboxylic acids is 2. The summed E-state index contributed by atoms with van der Waals surface area (Å²) >= 11 is 0. The van der Waals surface area contributed by atoms with Crippen molar-refractivity contribution in [3.05, 3.63) is 52.8 Å². The molecule has 3 saturated heterocycles. The Morgan fingerprint density at radius 2 is 1.52 bits per heavy atom. The quantitative estimate of drug-likeness (QED) is 0.467. The van der Waals surface area contributed by atoms with Crippen LogP contribution in [-0.2, 0) is 6.18 Å². The molecule has 4 aliphatic rings. The van der Waals surface area contributed by atoms with Crippen LogP contribution in [0.4, 0.5) is 18.0 Å². The van der Waals surface area contributed by atoms with Crippen molar-refractivity contribution in [1.29, 1.82) is 0 Å². The number of piperidine rings is 1. The maximum Gasteiger partial charge on any atom is 0.416 e. The number of benzene rings is 1. The Bertz CT molecular complexity index is 1290. The predicted molar refractivity (Wildman–Crippen MR) is 155 cm³/mol. The molecule has 0 bridgehead atoms. The summed E-state index contributed by atoms with van der Waals surface area (Å²) in [6, 6.07) is 6.35. The number of likely N-dealkylation sites (N-methyl/N-ethyl adjacent to an activating group) is 1. The van der Waals surface area contributed by atoms with Gasteiger partial charge in [0.1, 0.15) is 0 Å². The van der Waals surface area contributed by atoms with Gasteiger partial charge >= 0.3 is 12.2 Å². The molecule has 3 amide bonds. The molecular weight excluding hydrogens is 569 g/mol. The van der Waals surface area contributed by atoms with Crippen molar-refractivity contribution >= 4 is 24.3 Å². The lowest BCUT2D eigenvalue weighted by atomic mass is 9.93. The predicted octanol–water partition coefficient (Wildman–Crippen LogP) is 5.22. The minimum Gasteiger partial charge on any atom is -0.338 e. The van der Waals surface area contributed by atoms with E-state index in [-0.39, 0.29) is 54.3 Å². The number of urea groups is 1. The van der Waals surface area contributed by atoms with E-state index in [1.165, 1.54) is 12.1 Å². The SMILES string of the molecule is CN(C)[C@H]1CCN(C(=O)N2CCC(n3ncc(C(=O)N4CCC(c5ccccc5C(F)(F)F)C4)c3C3CC3)CC2)C1.Cl. The van der Waals surface area contributed by atoms with Crippen molar-refractivity contribution < 1.29 is 22.8 Å². The van der Waals surface area contributed by atoms with Crippen molar-refractivity contribution in [2.45, 2.75) is 68.6 Å². The second-order valence-corrected chi connectivity index (χ2v) is 12.3. The van der Waals surface area contributed by atoms with Crippen molar-refractivity contribution in [3.8, 4) is 0 Å². The first-order valence-corrected chi connectivity index (χ1v) is 14.8. The van der Waals surface area contributed by atoms with Crippen LogP contribution < -0.4 is 0 Å². The molecule has 4 heterocycles. The maximum atomic E-state index is 13.7. The molecule has 4 fully saturated rings. The Hall–Kier alpha value is -2.79. The Morgan fingerprint density at radius 1 is 0.857 bits per heavy atom. The van der Waals surface area contributed by atoms with Gasteiger partial charge in [0.05, 0.1) is 29.1 Å². The van der Waals surface area contributed by atoms with Crippen LogP contribution in [-0.4, -0.2) is 101 Å². The van der Waals surface area contributed by atoms with Crippen molar-refractivity contribution in [3.63, 3.8) is 0 Å². The van der Waals surface area contributed by atoms with Crippen LogP contribution in [0.5, 0.6) is 0 Å². The lowest BCUT2D eigenvalue weighted by Crippen LogP contribution is -2.47. The van der Waals surface area contributed by atoms with Crippen LogP contribution in [0.3, 0.4) is 0 Å². The van der Waals surface area contributed by atoms with Crippen LogP contribution in [0.25, 0.3) is 0 Å². The molecule has 1 aromatic carbocycles. The summed E-state index contributed by atoms with van der Waals surface area (Å²) in [6.07, 6.45) is 2.33. The Labute approximate surface area is 251 Å². The van der Waals surface area contributed by atoms with E-state index in [0.717, 1.165) is 57.0 Å². The summed E-state index contributed by atoms with van der Waals surface area (Å²) in [6.45, 7) is 3.57. The Morgan fingerprint density at radius 3 is 2.17 bits per heavy atom. The van der Waals surface area contributed by atoms with E-state index in [1.54, 1.807) is 17.2 Å². The zero-order valence-corrected chi connectivity index (χ0v) is 25.0. The van der Waals surface area contributed by atoms with Gasteiger partial charge in [-0.15, -0.1) is 12.4 Å². The summed E-state index contributed by atoms with van der Waals surface area (Å²) < 4.78 is 42.9. The molecule has 1 aromatic heterocycles. The summed E-state index contributed by atoms with van der Waals surface area (Å²) in [7, 11) is 4.11. The van der Waals surface area contributed by atoms with Gasteiger partial charge in [-0.2, -0.15) is 18.3 Å². The molecule has 2 aromatic rings. The molecule has 8 nitrogen and oxygen atoms in total. The van der Waals surface area contributed by atoms with Gasteiger partial charge in [-0.25, -0.2) is 4.79 Å². The van der Waals surface area contributed by atoms with Crippen LogP contribution in [0.15, 0.2) is 30.5 Å². The fraction of sp³-hybridized carbons (Fsp3) is 0.633. The van der Waals surface area contributed by atoms with Crippen LogP contribution in [0, 0.1) is 0 Å². The monoisotopic (exact) mass is 608 g/mol. The number of nitrogens with zero attached hydrogens (tertiary/aromatic N) is 6. The maximum absolute atomic E-state index is 13.7. The van der Waals surface area contributed by atoms with E-state index in [4.69, 9.17) is 5.10 Å². The number of hydrogen-bond acceptors (Lipinski definition) is 4. The van der Waals surface area contributed by atoms with E-state index in [2.05, 4.69) is 19.0 Å². The lowest BCUT2D eigenvalue weighted by Gasteiger charge is -2.35. The number of carbonyl (C=O) groups is 2. The number of amides is 3. The fourth-order valence-electron chi connectivity index (χ4n) is 6.91. The lowest BCUT2D eigenvalue weighted by molar-refractivity contribution is -0.138. The standard InChI is InChI=1S/C30H39F3N6O2.ClH/c1-35(2)23-12-16-38(19-23)29(41)36-14-10-22(11-15-36)39-27(20-7-8-20)25(17-34-39)28(40)37-13-9-21(18-37)24-5-3-4-6-26(24)30(31,32)33;/h3-6,17,20-23H,7-16,18-19H2,1-2H3;1H/t21?,23-;/m0./s1. The normalized spacial score (nSPS) is 23.5. The number of aromatic nitrogens is 2. The average molecular weight is 609 g/mol. The molecule has 1 unspecified atom stereocenters. The Balaban J connectivity index is 0.00000353. The minimum absolute atomic E-state index is 0. The summed E-state index contributed by atoms with van der Waals surface area (Å²) in [5, 5.41) is 4.69. The van der Waals surface area contributed by atoms with Crippen molar-refractivity contribution in [1.82, 2.24) is 29.4 Å². The van der Waals surface area contributed by atoms with Gasteiger partial charge in [0.2, 0.25) is 0 Å². The molecular formula is C30H40ClF3N6O2. The third-order valence-electron chi connectivity index (χ3n) is 9.46. The average Bonchev–Trinajstić information content (AvgIpc) is 3.35. The molecule has 1 aliphatic carbocycles. The van der Waals surface area contributed by atoms with Gasteiger partial charge in [-0.3, -0.25) is 9.48 Å². The van der Waals surface area contributed by atoms with E-state index >= 15 is 0 Å². The van der Waals surface area contributed by atoms with E-state index in [0.29, 0.717) is 37.7 Å². The highest BCUT2D eigenvalue weighted by Crippen LogP contribution is 2.44. The third kappa shape index (κ3) is 6.00. The van der Waals surface area contributed by atoms with Crippen LogP contribution in [0.2, 0.25) is 0 Å². The van der Waals surface area contributed by atoms with Gasteiger partial charge in [-0.1, -0.05) is 18.2 Å². The van der Waals surface area contributed by atoms with Crippen LogP contribution in [0.1, 0.15) is 83.6 Å². The minimum atomic E-state index is -4.42. The van der Waals surface area contributed by atoms with Crippen LogP contribution >= 0.6 is 12.4 Å². The molecule has 42 heavy (non-hydrogen) atoms. The molecule has 0 spiro atoms. The molecule has 230 valence electrons. The molecule has 12 heteroatoms. The summed E-state index contributed by atoms with van der Waals surface area (Å²) in [5.74, 6) is -0.197. The molecule has 2 atom stereocenters. The number of alkyl halides is 3. The summed E-state index contributed by atoms with van der Waals surface area (Å²) in [5.41, 5.74) is 1.20. The molecule has 6 rings (SSSR count). The third-order valence-corrected chi connectivity index (χ3v) is 9.46. The van der Waals surface area contributed by atoms with Gasteiger partial charge in [0.15, 0.2) is 0 Å². The molecule has 1 saturated carbocycles. The molecule has 0 N–H and O–H groups in total. The number of hydrogen-bond donors (Lipinski definition) is 0. The van der Waals surface area contributed by atoms with Gasteiger partial charge in [-0.05, 0) is 64.3 Å². The molecule has 0 radical (unpaired) electrons. The van der Waals surface area contributed by atoms with Crippen molar-refractivity contribution in [2.75, 3.05) is 53.4 Å². The first-order valence-electron chi connectivity index (χ1n) is 14.8. The number of halogens is 4. The van der Waals surface area contributed by atoms with Gasteiger partial charge in [0, 0.05) is 57.1 Å².